The second-order valence-corrected chi connectivity index (χ2v) is 11.0. The molecule has 6 nitrogen and oxygen atoms in total. The number of nitrogens with one attached hydrogen (secondary N) is 1. The summed E-state index contributed by atoms with van der Waals surface area (Å²) in [6.45, 7) is 9.24. The van der Waals surface area contributed by atoms with Crippen molar-refractivity contribution in [2.24, 2.45) is 11.8 Å². The second kappa shape index (κ2) is 11.0. The topological polar surface area (TPSA) is 63.1 Å². The van der Waals surface area contributed by atoms with Gasteiger partial charge in [-0.3, -0.25) is 14.3 Å². The van der Waals surface area contributed by atoms with Gasteiger partial charge in [0.25, 0.3) is 0 Å². The zero-order chi connectivity index (χ0) is 23.4. The summed E-state index contributed by atoms with van der Waals surface area (Å²) >= 11 is 1.42. The third-order valence-corrected chi connectivity index (χ3v) is 8.33. The Morgan fingerprint density at radius 1 is 1.12 bits per heavy atom. The molecule has 2 heterocycles. The van der Waals surface area contributed by atoms with Crippen molar-refractivity contribution in [3.05, 3.63) is 35.9 Å². The van der Waals surface area contributed by atoms with Crippen molar-refractivity contribution in [3.63, 3.8) is 0 Å². The molecule has 1 saturated heterocycles. The Kier molecular flexibility index (Phi) is 8.07. The molecule has 0 radical (unpaired) electrons. The van der Waals surface area contributed by atoms with E-state index in [0.29, 0.717) is 23.5 Å². The molecule has 1 saturated carbocycles. The van der Waals surface area contributed by atoms with Crippen molar-refractivity contribution < 1.29 is 9.18 Å². The normalized spacial score (nSPS) is 25.0. The summed E-state index contributed by atoms with van der Waals surface area (Å²) in [4.78, 5) is 15.4. The molecule has 1 aromatic carbocycles. The Balaban J connectivity index is 1.51. The molecule has 4 atom stereocenters. The molecule has 33 heavy (non-hydrogen) atoms. The smallest absolute Gasteiger partial charge is 0.233 e. The molecule has 180 valence electrons. The van der Waals surface area contributed by atoms with Gasteiger partial charge in [0.05, 0.1) is 11.8 Å². The number of likely N-dealkylation sites (tertiary alicyclic amines) is 1. The van der Waals surface area contributed by atoms with Gasteiger partial charge in [-0.2, -0.15) is 0 Å². The first-order valence-electron chi connectivity index (χ1n) is 12.3. The van der Waals surface area contributed by atoms with Gasteiger partial charge in [-0.25, -0.2) is 4.39 Å². The molecule has 2 fully saturated rings. The number of hydrogen-bond donors (Lipinski definition) is 1. The molecule has 1 aliphatic carbocycles. The largest absolute Gasteiger partial charge is 0.352 e. The first-order chi connectivity index (χ1) is 15.9. The van der Waals surface area contributed by atoms with Crippen molar-refractivity contribution in [2.75, 3.05) is 13.1 Å². The van der Waals surface area contributed by atoms with E-state index in [2.05, 4.69) is 34.3 Å². The highest BCUT2D eigenvalue weighted by Crippen LogP contribution is 2.31. The minimum atomic E-state index is -0.305. The van der Waals surface area contributed by atoms with Crippen LogP contribution in [0.2, 0.25) is 0 Å². The Morgan fingerprint density at radius 3 is 2.58 bits per heavy atom. The van der Waals surface area contributed by atoms with E-state index in [9.17, 15) is 9.18 Å². The van der Waals surface area contributed by atoms with Crippen LogP contribution < -0.4 is 5.32 Å². The fourth-order valence-electron chi connectivity index (χ4n) is 4.94. The van der Waals surface area contributed by atoms with E-state index in [0.717, 1.165) is 37.4 Å². The number of piperidine rings is 1. The summed E-state index contributed by atoms with van der Waals surface area (Å²) in [5, 5.41) is 12.6. The highest BCUT2D eigenvalue weighted by molar-refractivity contribution is 8.00. The number of thioether (sulfide) groups is 1. The average molecular weight is 474 g/mol. The first kappa shape index (κ1) is 24.2. The molecule has 1 N–H and O–H groups in total. The van der Waals surface area contributed by atoms with Crippen LogP contribution in [0.1, 0.15) is 65.1 Å². The maximum Gasteiger partial charge on any atom is 0.233 e. The minimum absolute atomic E-state index is 0.0391. The minimum Gasteiger partial charge on any atom is -0.352 e. The molecule has 1 aromatic heterocycles. The molecule has 1 amide bonds. The molecule has 2 aliphatic rings. The van der Waals surface area contributed by atoms with Crippen LogP contribution in [0, 0.1) is 17.7 Å². The second-order valence-electron chi connectivity index (χ2n) is 9.69. The van der Waals surface area contributed by atoms with Crippen LogP contribution in [0.3, 0.4) is 0 Å². The molecular weight excluding hydrogens is 437 g/mol. The molecule has 0 spiro atoms. The van der Waals surface area contributed by atoms with Crippen LogP contribution in [-0.4, -0.2) is 50.0 Å². The van der Waals surface area contributed by atoms with Gasteiger partial charge in [0, 0.05) is 11.7 Å². The van der Waals surface area contributed by atoms with E-state index in [4.69, 9.17) is 0 Å². The highest BCUT2D eigenvalue weighted by atomic mass is 32.2. The summed E-state index contributed by atoms with van der Waals surface area (Å²) in [6, 6.07) is 6.64. The Morgan fingerprint density at radius 2 is 1.85 bits per heavy atom. The lowest BCUT2D eigenvalue weighted by atomic mass is 9.78. The summed E-state index contributed by atoms with van der Waals surface area (Å²) in [6.07, 6.45) is 7.10. The van der Waals surface area contributed by atoms with Crippen LogP contribution in [0.4, 0.5) is 4.39 Å². The Hall–Kier alpha value is -1.93. The quantitative estimate of drug-likeness (QED) is 0.585. The third-order valence-electron chi connectivity index (χ3n) is 7.28. The maximum atomic E-state index is 13.6. The third kappa shape index (κ3) is 5.96. The summed E-state index contributed by atoms with van der Waals surface area (Å²) in [7, 11) is 0. The summed E-state index contributed by atoms with van der Waals surface area (Å²) < 4.78 is 15.6. The van der Waals surface area contributed by atoms with E-state index in [1.807, 2.05) is 11.5 Å². The van der Waals surface area contributed by atoms with Gasteiger partial charge in [-0.15, -0.1) is 10.2 Å². The number of halogens is 1. The van der Waals surface area contributed by atoms with Crippen molar-refractivity contribution in [1.29, 1.82) is 0 Å². The number of carbonyl (C=O) groups is 1. The van der Waals surface area contributed by atoms with Gasteiger partial charge in [-0.1, -0.05) is 44.9 Å². The number of carbonyl (C=O) groups excluding carboxylic acids is 1. The van der Waals surface area contributed by atoms with E-state index in [1.54, 1.807) is 12.1 Å². The molecule has 1 aliphatic heterocycles. The molecular formula is C25H36FN5OS. The van der Waals surface area contributed by atoms with Gasteiger partial charge >= 0.3 is 0 Å². The zero-order valence-electron chi connectivity index (χ0n) is 20.0. The summed E-state index contributed by atoms with van der Waals surface area (Å²) in [5.74, 6) is 1.71. The first-order valence-corrected chi connectivity index (χ1v) is 13.2. The number of nitrogens with zero attached hydrogens (tertiary/aromatic N) is 4. The van der Waals surface area contributed by atoms with Crippen molar-refractivity contribution in [3.8, 4) is 5.69 Å². The van der Waals surface area contributed by atoms with Gasteiger partial charge in [0.2, 0.25) is 5.91 Å². The van der Waals surface area contributed by atoms with Crippen LogP contribution in [0.15, 0.2) is 29.4 Å². The Bertz CT molecular complexity index is 927. The van der Waals surface area contributed by atoms with E-state index < -0.39 is 0 Å². The Labute approximate surface area is 200 Å². The van der Waals surface area contributed by atoms with Crippen LogP contribution in [0.25, 0.3) is 5.69 Å². The monoisotopic (exact) mass is 473 g/mol. The van der Waals surface area contributed by atoms with Crippen molar-refractivity contribution in [2.45, 2.75) is 82.3 Å². The van der Waals surface area contributed by atoms with Crippen LogP contribution in [-0.2, 0) is 11.3 Å². The standard InChI is InChI=1S/C25H36FN5OS/c1-17-8-7-9-22(18(17)2)27-24(32)19(3)33-25-29-28-23(16-30-14-5-4-6-15-30)31(25)21-12-10-20(26)11-13-21/h10-13,17-19,22H,4-9,14-16H2,1-3H3,(H,27,32)/t17-,18+,19-,22+/m1/s1. The van der Waals surface area contributed by atoms with Gasteiger partial charge < -0.3 is 5.32 Å². The molecule has 8 heteroatoms. The van der Waals surface area contributed by atoms with Gasteiger partial charge in [0.15, 0.2) is 11.0 Å². The number of hydrogen-bond acceptors (Lipinski definition) is 5. The number of benzene rings is 1. The number of amides is 1. The lowest BCUT2D eigenvalue weighted by Gasteiger charge is -2.35. The van der Waals surface area contributed by atoms with Crippen molar-refractivity contribution >= 4 is 17.7 Å². The molecule has 0 bridgehead atoms. The SMILES string of the molecule is C[C@H]1[C@H](C)CCC[C@@H]1NC(=O)[C@@H](C)Sc1nnc(CN2CCCCC2)n1-c1ccc(F)cc1. The zero-order valence-corrected chi connectivity index (χ0v) is 20.8. The van der Waals surface area contributed by atoms with E-state index >= 15 is 0 Å². The fraction of sp³-hybridized carbons (Fsp3) is 0.640. The lowest BCUT2D eigenvalue weighted by Crippen LogP contribution is -2.46. The predicted molar refractivity (Wildman–Crippen MR) is 130 cm³/mol. The van der Waals surface area contributed by atoms with E-state index in [-0.39, 0.29) is 23.0 Å². The number of aromatic nitrogens is 3. The molecule has 0 unspecified atom stereocenters. The van der Waals surface area contributed by atoms with Crippen LogP contribution in [0.5, 0.6) is 0 Å². The molecule has 2 aromatic rings. The molecule has 4 rings (SSSR count). The van der Waals surface area contributed by atoms with Gasteiger partial charge in [-0.05, 0) is 75.4 Å². The average Bonchev–Trinajstić information content (AvgIpc) is 3.19. The van der Waals surface area contributed by atoms with Crippen molar-refractivity contribution in [1.82, 2.24) is 25.0 Å². The lowest BCUT2D eigenvalue weighted by molar-refractivity contribution is -0.121. The number of rotatable bonds is 7. The fourth-order valence-corrected chi connectivity index (χ4v) is 5.84. The van der Waals surface area contributed by atoms with Crippen LogP contribution >= 0.6 is 11.8 Å². The van der Waals surface area contributed by atoms with E-state index in [1.165, 1.54) is 49.6 Å². The predicted octanol–water partition coefficient (Wildman–Crippen LogP) is 4.81. The highest BCUT2D eigenvalue weighted by Gasteiger charge is 2.30. The van der Waals surface area contributed by atoms with Gasteiger partial charge in [0.1, 0.15) is 5.82 Å². The summed E-state index contributed by atoms with van der Waals surface area (Å²) in [5.41, 5.74) is 0.818. The maximum absolute atomic E-state index is 13.6.